The van der Waals surface area contributed by atoms with Crippen LogP contribution >= 0.6 is 0 Å². The van der Waals surface area contributed by atoms with E-state index in [1.165, 1.54) is 25.3 Å². The van der Waals surface area contributed by atoms with Gasteiger partial charge in [-0.2, -0.15) is 0 Å². The SMILES string of the molecule is COc1cc(C(C)C)c(/C=C/C(O)CC(O)CC(=O)[O-])c(-c2ccc(F)cc2)c1OCCO.[Na+]. The smallest absolute Gasteiger partial charge is 0.550 e. The molecule has 180 valence electrons. The van der Waals surface area contributed by atoms with E-state index < -0.39 is 30.4 Å². The Labute approximate surface area is 221 Å². The number of hydrogen-bond donors (Lipinski definition) is 3. The van der Waals surface area contributed by atoms with Gasteiger partial charge in [-0.15, -0.1) is 0 Å². The van der Waals surface area contributed by atoms with Crippen molar-refractivity contribution >= 4 is 12.0 Å². The molecule has 9 heteroatoms. The standard InChI is InChI=1S/C25H31FO7.Na/c1-15(2)21-14-22(32-3)25(33-11-10-27)24(16-4-6-17(26)7-5-16)20(21)9-8-18(28)12-19(29)13-23(30)31;/h4-9,14-15,18-19,27-29H,10-13H2,1-3H3,(H,30,31);/q;+1/p-1/b9-8+;. The van der Waals surface area contributed by atoms with Crippen LogP contribution in [-0.4, -0.2) is 53.8 Å². The van der Waals surface area contributed by atoms with Gasteiger partial charge in [0.15, 0.2) is 11.5 Å². The number of carboxylic acids is 1. The molecule has 2 aromatic rings. The van der Waals surface area contributed by atoms with E-state index in [-0.39, 0.29) is 55.1 Å². The van der Waals surface area contributed by atoms with Crippen LogP contribution in [-0.2, 0) is 4.79 Å². The van der Waals surface area contributed by atoms with E-state index in [0.717, 1.165) is 5.56 Å². The molecule has 0 saturated heterocycles. The minimum absolute atomic E-state index is 0. The summed E-state index contributed by atoms with van der Waals surface area (Å²) in [6, 6.07) is 7.63. The first-order valence-corrected chi connectivity index (χ1v) is 10.7. The summed E-state index contributed by atoms with van der Waals surface area (Å²) < 4.78 is 25.0. The Balaban J connectivity index is 0.00000578. The largest absolute Gasteiger partial charge is 1.00 e. The molecule has 0 aliphatic carbocycles. The van der Waals surface area contributed by atoms with Crippen molar-refractivity contribution in [2.45, 2.75) is 44.8 Å². The van der Waals surface area contributed by atoms with Crippen molar-refractivity contribution in [2.24, 2.45) is 0 Å². The molecule has 0 spiro atoms. The zero-order chi connectivity index (χ0) is 24.5. The number of aliphatic hydroxyl groups excluding tert-OH is 3. The van der Waals surface area contributed by atoms with E-state index in [4.69, 9.17) is 9.47 Å². The monoisotopic (exact) mass is 484 g/mol. The molecule has 2 unspecified atom stereocenters. The normalized spacial score (nSPS) is 12.9. The van der Waals surface area contributed by atoms with Crippen molar-refractivity contribution < 1.29 is 68.6 Å². The van der Waals surface area contributed by atoms with E-state index in [9.17, 15) is 29.6 Å². The average molecular weight is 484 g/mol. The topological polar surface area (TPSA) is 119 Å². The number of ether oxygens (including phenoxy) is 2. The molecule has 0 bridgehead atoms. The van der Waals surface area contributed by atoms with Gasteiger partial charge in [-0.05, 0) is 40.8 Å². The fraction of sp³-hybridized carbons (Fsp3) is 0.400. The Morgan fingerprint density at radius 1 is 1.21 bits per heavy atom. The van der Waals surface area contributed by atoms with E-state index in [1.54, 1.807) is 24.3 Å². The van der Waals surface area contributed by atoms with Crippen LogP contribution in [0.2, 0.25) is 0 Å². The third kappa shape index (κ3) is 8.37. The molecule has 2 atom stereocenters. The number of carbonyl (C=O) groups excluding carboxylic acids is 1. The summed E-state index contributed by atoms with van der Waals surface area (Å²) >= 11 is 0. The molecule has 0 saturated carbocycles. The molecular formula is C25H30FNaO7. The zero-order valence-corrected chi connectivity index (χ0v) is 22.0. The van der Waals surface area contributed by atoms with Crippen LogP contribution in [0.25, 0.3) is 17.2 Å². The Morgan fingerprint density at radius 2 is 1.85 bits per heavy atom. The van der Waals surface area contributed by atoms with E-state index in [2.05, 4.69) is 0 Å². The quantitative estimate of drug-likeness (QED) is 0.340. The van der Waals surface area contributed by atoms with Crippen LogP contribution in [0, 0.1) is 5.82 Å². The maximum absolute atomic E-state index is 13.6. The number of methoxy groups -OCH3 is 1. The van der Waals surface area contributed by atoms with E-state index >= 15 is 0 Å². The van der Waals surface area contributed by atoms with Crippen LogP contribution in [0.1, 0.15) is 43.7 Å². The zero-order valence-electron chi connectivity index (χ0n) is 20.0. The number of carboxylic acid groups (broad SMARTS) is 1. The molecule has 0 aliphatic rings. The van der Waals surface area contributed by atoms with Gasteiger partial charge in [0.25, 0.3) is 0 Å². The van der Waals surface area contributed by atoms with Crippen molar-refractivity contribution in [3.05, 3.63) is 53.4 Å². The van der Waals surface area contributed by atoms with Gasteiger partial charge in [0.05, 0.1) is 25.9 Å². The summed E-state index contributed by atoms with van der Waals surface area (Å²) in [4.78, 5) is 10.7. The van der Waals surface area contributed by atoms with Gasteiger partial charge in [-0.3, -0.25) is 0 Å². The number of hydrogen-bond acceptors (Lipinski definition) is 7. The van der Waals surface area contributed by atoms with Crippen LogP contribution in [0.5, 0.6) is 11.5 Å². The molecule has 34 heavy (non-hydrogen) atoms. The number of halogens is 1. The predicted molar refractivity (Wildman–Crippen MR) is 120 cm³/mol. The first kappa shape index (κ1) is 30.1. The molecule has 0 aromatic heterocycles. The Kier molecular flexibility index (Phi) is 12.8. The van der Waals surface area contributed by atoms with Crippen molar-refractivity contribution in [3.63, 3.8) is 0 Å². The second-order valence-corrected chi connectivity index (χ2v) is 7.91. The van der Waals surface area contributed by atoms with Gasteiger partial charge in [0, 0.05) is 24.4 Å². The number of benzene rings is 2. The summed E-state index contributed by atoms with van der Waals surface area (Å²) in [5.74, 6) is -0.981. The molecule has 0 aliphatic heterocycles. The summed E-state index contributed by atoms with van der Waals surface area (Å²) in [6.45, 7) is 3.74. The average Bonchev–Trinajstić information content (AvgIpc) is 2.75. The minimum Gasteiger partial charge on any atom is -0.550 e. The maximum atomic E-state index is 13.6. The minimum atomic E-state index is -1.40. The predicted octanol–water partition coefficient (Wildman–Crippen LogP) is -0.735. The number of aliphatic carboxylic acids is 1. The van der Waals surface area contributed by atoms with E-state index in [1.807, 2.05) is 13.8 Å². The number of rotatable bonds is 12. The fourth-order valence-corrected chi connectivity index (χ4v) is 3.52. The van der Waals surface area contributed by atoms with Gasteiger partial charge >= 0.3 is 29.6 Å². The van der Waals surface area contributed by atoms with Crippen LogP contribution in [0.15, 0.2) is 36.4 Å². The van der Waals surface area contributed by atoms with Crippen LogP contribution < -0.4 is 44.1 Å². The van der Waals surface area contributed by atoms with Gasteiger partial charge in [-0.25, -0.2) is 4.39 Å². The molecule has 3 N–H and O–H groups in total. The van der Waals surface area contributed by atoms with Gasteiger partial charge < -0.3 is 34.7 Å². The third-order valence-electron chi connectivity index (χ3n) is 5.03. The molecule has 2 rings (SSSR count). The summed E-state index contributed by atoms with van der Waals surface area (Å²) in [5.41, 5.74) is 2.77. The summed E-state index contributed by atoms with van der Waals surface area (Å²) in [6.07, 6.45) is -0.0216. The van der Waals surface area contributed by atoms with Gasteiger partial charge in [-0.1, -0.05) is 38.1 Å². The summed E-state index contributed by atoms with van der Waals surface area (Å²) in [5, 5.41) is 40.1. The van der Waals surface area contributed by atoms with Crippen molar-refractivity contribution in [3.8, 4) is 22.6 Å². The van der Waals surface area contributed by atoms with Crippen molar-refractivity contribution in [1.82, 2.24) is 0 Å². The first-order valence-electron chi connectivity index (χ1n) is 10.7. The maximum Gasteiger partial charge on any atom is 1.00 e. The van der Waals surface area contributed by atoms with Crippen molar-refractivity contribution in [2.75, 3.05) is 20.3 Å². The molecular weight excluding hydrogens is 454 g/mol. The Morgan fingerprint density at radius 3 is 2.38 bits per heavy atom. The second-order valence-electron chi connectivity index (χ2n) is 7.91. The van der Waals surface area contributed by atoms with E-state index in [0.29, 0.717) is 28.2 Å². The summed E-state index contributed by atoms with van der Waals surface area (Å²) in [7, 11) is 1.50. The Hall–Kier alpha value is -1.94. The second kappa shape index (κ2) is 14.5. The Bertz CT molecular complexity index is 961. The van der Waals surface area contributed by atoms with Crippen molar-refractivity contribution in [1.29, 1.82) is 0 Å². The fourth-order valence-electron chi connectivity index (χ4n) is 3.52. The first-order chi connectivity index (χ1) is 15.7. The molecule has 0 amide bonds. The van der Waals surface area contributed by atoms with Crippen LogP contribution in [0.3, 0.4) is 0 Å². The molecule has 7 nitrogen and oxygen atoms in total. The van der Waals surface area contributed by atoms with Gasteiger partial charge in [0.2, 0.25) is 0 Å². The molecule has 0 fully saturated rings. The number of carbonyl (C=O) groups is 1. The molecule has 0 heterocycles. The molecule has 0 radical (unpaired) electrons. The molecule has 2 aromatic carbocycles. The number of aliphatic hydroxyl groups is 3. The van der Waals surface area contributed by atoms with Crippen LogP contribution in [0.4, 0.5) is 4.39 Å². The van der Waals surface area contributed by atoms with Gasteiger partial charge in [0.1, 0.15) is 12.4 Å². The third-order valence-corrected chi connectivity index (χ3v) is 5.03.